The molecule has 29 heavy (non-hydrogen) atoms. The number of amides is 1. The van der Waals surface area contributed by atoms with Gasteiger partial charge < -0.3 is 18.9 Å². The Morgan fingerprint density at radius 1 is 1.14 bits per heavy atom. The highest BCUT2D eigenvalue weighted by atomic mass is 16.5. The van der Waals surface area contributed by atoms with Gasteiger partial charge in [0.1, 0.15) is 17.1 Å². The Hall–Kier alpha value is -3.61. The average Bonchev–Trinajstić information content (AvgIpc) is 3.40. The van der Waals surface area contributed by atoms with Gasteiger partial charge in [-0.1, -0.05) is 6.07 Å². The van der Waals surface area contributed by atoms with Gasteiger partial charge in [0.2, 0.25) is 12.3 Å². The van der Waals surface area contributed by atoms with E-state index in [2.05, 4.69) is 15.5 Å². The van der Waals surface area contributed by atoms with E-state index in [-0.39, 0.29) is 12.5 Å². The first-order valence-electron chi connectivity index (χ1n) is 9.60. The van der Waals surface area contributed by atoms with Crippen LogP contribution in [-0.2, 0) is 17.6 Å². The molecule has 2 aromatic heterocycles. The normalized spacial score (nSPS) is 13.2. The summed E-state index contributed by atoms with van der Waals surface area (Å²) in [6.45, 7) is -0.0870. The van der Waals surface area contributed by atoms with Gasteiger partial charge in [-0.05, 0) is 55.7 Å². The van der Waals surface area contributed by atoms with Gasteiger partial charge in [0.15, 0.2) is 6.61 Å². The molecule has 0 spiro atoms. The summed E-state index contributed by atoms with van der Waals surface area (Å²) in [5.74, 6) is 1.89. The number of hydrogen-bond acceptors (Lipinski definition) is 6. The van der Waals surface area contributed by atoms with E-state index in [9.17, 15) is 4.79 Å². The lowest BCUT2D eigenvalue weighted by Gasteiger charge is -2.10. The van der Waals surface area contributed by atoms with Crippen molar-refractivity contribution in [2.45, 2.75) is 25.7 Å². The lowest BCUT2D eigenvalue weighted by Crippen LogP contribution is -2.20. The van der Waals surface area contributed by atoms with Crippen molar-refractivity contribution >= 4 is 22.6 Å². The number of aryl methyl sites for hydroxylation is 2. The third kappa shape index (κ3) is 3.59. The fraction of sp³-hybridized carbons (Fsp3) is 0.227. The third-order valence-electron chi connectivity index (χ3n) is 5.05. The Morgan fingerprint density at radius 2 is 2.07 bits per heavy atom. The molecule has 0 saturated heterocycles. The molecule has 0 bridgehead atoms. The molecule has 1 N–H and O–H groups in total. The van der Waals surface area contributed by atoms with Crippen molar-refractivity contribution in [3.05, 3.63) is 60.2 Å². The zero-order valence-corrected chi connectivity index (χ0v) is 15.7. The number of ether oxygens (including phenoxy) is 1. The minimum Gasteiger partial charge on any atom is -0.484 e. The molecule has 4 aromatic rings. The lowest BCUT2D eigenvalue weighted by atomic mass is 9.96. The minimum absolute atomic E-state index is 0.0870. The maximum Gasteiger partial charge on any atom is 0.262 e. The van der Waals surface area contributed by atoms with Crippen molar-refractivity contribution < 1.29 is 18.4 Å². The molecule has 2 aromatic carbocycles. The van der Waals surface area contributed by atoms with E-state index in [1.54, 1.807) is 12.1 Å². The molecule has 1 amide bonds. The van der Waals surface area contributed by atoms with Gasteiger partial charge in [0.05, 0.1) is 0 Å². The van der Waals surface area contributed by atoms with Gasteiger partial charge in [0.25, 0.3) is 5.91 Å². The summed E-state index contributed by atoms with van der Waals surface area (Å²) in [6, 6.07) is 12.9. The Kier molecular flexibility index (Phi) is 4.48. The molecule has 0 atom stereocenters. The van der Waals surface area contributed by atoms with Crippen LogP contribution in [0, 0.1) is 0 Å². The topological polar surface area (TPSA) is 90.4 Å². The van der Waals surface area contributed by atoms with Crippen molar-refractivity contribution in [3.8, 4) is 17.2 Å². The number of aromatic nitrogens is 2. The van der Waals surface area contributed by atoms with Crippen LogP contribution in [0.1, 0.15) is 24.2 Å². The maximum atomic E-state index is 12.3. The number of rotatable bonds is 5. The van der Waals surface area contributed by atoms with Crippen LogP contribution in [0.25, 0.3) is 22.4 Å². The zero-order valence-electron chi connectivity index (χ0n) is 15.7. The van der Waals surface area contributed by atoms with Crippen molar-refractivity contribution in [2.24, 2.45) is 0 Å². The smallest absolute Gasteiger partial charge is 0.262 e. The van der Waals surface area contributed by atoms with Gasteiger partial charge in [-0.25, -0.2) is 0 Å². The second-order valence-electron chi connectivity index (χ2n) is 7.03. The van der Waals surface area contributed by atoms with E-state index in [4.69, 9.17) is 13.6 Å². The standard InChI is InChI=1S/C22H19N3O4/c26-21(24-15-5-3-4-14(10-15)22-25-23-13-28-22)12-27-16-8-9-20-18(11-16)17-6-1-2-7-19(17)29-20/h3-5,8-11,13H,1-2,6-7,12H2,(H,24,26). The molecule has 7 nitrogen and oxygen atoms in total. The highest BCUT2D eigenvalue weighted by molar-refractivity contribution is 5.92. The lowest BCUT2D eigenvalue weighted by molar-refractivity contribution is -0.118. The highest BCUT2D eigenvalue weighted by Gasteiger charge is 2.18. The van der Waals surface area contributed by atoms with Crippen LogP contribution in [0.3, 0.4) is 0 Å². The molecule has 5 rings (SSSR count). The van der Waals surface area contributed by atoms with Gasteiger partial charge >= 0.3 is 0 Å². The van der Waals surface area contributed by atoms with Crippen LogP contribution < -0.4 is 10.1 Å². The average molecular weight is 389 g/mol. The first kappa shape index (κ1) is 17.5. The largest absolute Gasteiger partial charge is 0.484 e. The number of fused-ring (bicyclic) bond motifs is 3. The first-order valence-corrected chi connectivity index (χ1v) is 9.60. The number of nitrogens with one attached hydrogen (secondary N) is 1. The molecule has 2 heterocycles. The number of carbonyl (C=O) groups is 1. The summed E-state index contributed by atoms with van der Waals surface area (Å²) in [5.41, 5.74) is 3.52. The number of anilines is 1. The first-order chi connectivity index (χ1) is 14.3. The fourth-order valence-corrected chi connectivity index (χ4v) is 3.71. The number of furan rings is 1. The van der Waals surface area contributed by atoms with Crippen LogP contribution in [-0.4, -0.2) is 22.7 Å². The predicted molar refractivity (Wildman–Crippen MR) is 107 cm³/mol. The van der Waals surface area contributed by atoms with E-state index in [0.29, 0.717) is 17.3 Å². The van der Waals surface area contributed by atoms with E-state index in [0.717, 1.165) is 35.1 Å². The molecule has 1 aliphatic carbocycles. The molecule has 0 unspecified atom stereocenters. The maximum absolute atomic E-state index is 12.3. The molecular formula is C22H19N3O4. The number of benzene rings is 2. The summed E-state index contributed by atoms with van der Waals surface area (Å²) in [6.07, 6.45) is 5.64. The van der Waals surface area contributed by atoms with Crippen LogP contribution in [0.5, 0.6) is 5.75 Å². The molecule has 0 fully saturated rings. The van der Waals surface area contributed by atoms with E-state index in [1.165, 1.54) is 24.8 Å². The SMILES string of the molecule is O=C(COc1ccc2oc3c(c2c1)CCCC3)Nc1cccc(-c2nnco2)c1. The predicted octanol–water partition coefficient (Wildman–Crippen LogP) is 4.38. The molecule has 1 aliphatic rings. The van der Waals surface area contributed by atoms with Crippen LogP contribution in [0.2, 0.25) is 0 Å². The van der Waals surface area contributed by atoms with E-state index >= 15 is 0 Å². The molecule has 0 radical (unpaired) electrons. The van der Waals surface area contributed by atoms with E-state index < -0.39 is 0 Å². The van der Waals surface area contributed by atoms with Crippen molar-refractivity contribution in [2.75, 3.05) is 11.9 Å². The van der Waals surface area contributed by atoms with Crippen LogP contribution in [0.4, 0.5) is 5.69 Å². The van der Waals surface area contributed by atoms with E-state index in [1.807, 2.05) is 30.3 Å². The fourth-order valence-electron chi connectivity index (χ4n) is 3.71. The van der Waals surface area contributed by atoms with Gasteiger partial charge in [-0.15, -0.1) is 10.2 Å². The van der Waals surface area contributed by atoms with Crippen LogP contribution >= 0.6 is 0 Å². The Labute approximate surface area is 166 Å². The number of nitrogens with zero attached hydrogens (tertiary/aromatic N) is 2. The zero-order chi connectivity index (χ0) is 19.6. The quantitative estimate of drug-likeness (QED) is 0.545. The summed E-state index contributed by atoms with van der Waals surface area (Å²) in [7, 11) is 0. The van der Waals surface area contributed by atoms with Gasteiger partial charge in [-0.2, -0.15) is 0 Å². The van der Waals surface area contributed by atoms with Crippen molar-refractivity contribution in [1.29, 1.82) is 0 Å². The van der Waals surface area contributed by atoms with Gasteiger partial charge in [-0.3, -0.25) is 4.79 Å². The van der Waals surface area contributed by atoms with Crippen molar-refractivity contribution in [1.82, 2.24) is 10.2 Å². The molecule has 0 aliphatic heterocycles. The summed E-state index contributed by atoms with van der Waals surface area (Å²) < 4.78 is 16.8. The summed E-state index contributed by atoms with van der Waals surface area (Å²) >= 11 is 0. The minimum atomic E-state index is -0.248. The summed E-state index contributed by atoms with van der Waals surface area (Å²) in [4.78, 5) is 12.3. The summed E-state index contributed by atoms with van der Waals surface area (Å²) in [5, 5.41) is 11.5. The Morgan fingerprint density at radius 3 is 2.97 bits per heavy atom. The molecule has 0 saturated carbocycles. The molecular weight excluding hydrogens is 370 g/mol. The molecule has 146 valence electrons. The van der Waals surface area contributed by atoms with Gasteiger partial charge in [0, 0.05) is 28.6 Å². The third-order valence-corrected chi connectivity index (χ3v) is 5.05. The second kappa shape index (κ2) is 7.43. The highest BCUT2D eigenvalue weighted by Crippen LogP contribution is 2.34. The second-order valence-corrected chi connectivity index (χ2v) is 7.03. The Balaban J connectivity index is 1.26. The molecule has 7 heteroatoms. The monoisotopic (exact) mass is 389 g/mol. The number of carbonyl (C=O) groups excluding carboxylic acids is 1. The number of hydrogen-bond donors (Lipinski definition) is 1. The van der Waals surface area contributed by atoms with Crippen molar-refractivity contribution in [3.63, 3.8) is 0 Å². The Bertz CT molecular complexity index is 1160. The van der Waals surface area contributed by atoms with Crippen LogP contribution in [0.15, 0.2) is 57.7 Å².